The molecule has 0 saturated heterocycles. The van der Waals surface area contributed by atoms with Gasteiger partial charge >= 0.3 is 0 Å². The summed E-state index contributed by atoms with van der Waals surface area (Å²) in [6, 6.07) is 7.83. The third-order valence-corrected chi connectivity index (χ3v) is 5.96. The lowest BCUT2D eigenvalue weighted by Gasteiger charge is -2.12. The molecule has 2 aromatic carbocycles. The van der Waals surface area contributed by atoms with Gasteiger partial charge < -0.3 is 10.4 Å². The summed E-state index contributed by atoms with van der Waals surface area (Å²) in [5, 5.41) is 11.9. The van der Waals surface area contributed by atoms with E-state index in [-0.39, 0.29) is 27.1 Å². The molecule has 2 N–H and O–H groups in total. The molecule has 25 heavy (non-hydrogen) atoms. The van der Waals surface area contributed by atoms with Crippen molar-refractivity contribution in [3.63, 3.8) is 0 Å². The first kappa shape index (κ1) is 19.6. The number of benzene rings is 2. The van der Waals surface area contributed by atoms with Crippen molar-refractivity contribution in [1.29, 1.82) is 0 Å². The predicted octanol–water partition coefficient (Wildman–Crippen LogP) is 4.12. The number of halogens is 2. The van der Waals surface area contributed by atoms with Crippen LogP contribution < -0.4 is 5.32 Å². The molecule has 2 rings (SSSR count). The Morgan fingerprint density at radius 2 is 1.64 bits per heavy atom. The highest BCUT2D eigenvalue weighted by Crippen LogP contribution is 2.34. The Bertz CT molecular complexity index is 883. The summed E-state index contributed by atoms with van der Waals surface area (Å²) in [5.41, 5.74) is 2.47. The van der Waals surface area contributed by atoms with Crippen molar-refractivity contribution in [3.8, 4) is 5.75 Å². The summed E-state index contributed by atoms with van der Waals surface area (Å²) in [7, 11) is -3.77. The van der Waals surface area contributed by atoms with E-state index >= 15 is 0 Å². The molecule has 2 aromatic rings. The quantitative estimate of drug-likeness (QED) is 0.788. The highest BCUT2D eigenvalue weighted by atomic mass is 35.5. The number of hydrogen-bond donors (Lipinski definition) is 2. The van der Waals surface area contributed by atoms with Crippen LogP contribution in [0.2, 0.25) is 10.0 Å². The Hall–Kier alpha value is -1.76. The molecule has 5 nitrogen and oxygen atoms in total. The Kier molecular flexibility index (Phi) is 5.98. The van der Waals surface area contributed by atoms with E-state index in [2.05, 4.69) is 5.32 Å². The smallest absolute Gasteiger partial charge is 0.225 e. The summed E-state index contributed by atoms with van der Waals surface area (Å²) in [5.74, 6) is -1.19. The van der Waals surface area contributed by atoms with Gasteiger partial charge in [-0.25, -0.2) is 8.42 Å². The van der Waals surface area contributed by atoms with E-state index < -0.39 is 21.5 Å². The van der Waals surface area contributed by atoms with Crippen molar-refractivity contribution >= 4 is 44.6 Å². The molecule has 0 unspecified atom stereocenters. The molecule has 0 aromatic heterocycles. The van der Waals surface area contributed by atoms with E-state index in [9.17, 15) is 18.3 Å². The van der Waals surface area contributed by atoms with Gasteiger partial charge in [0.2, 0.25) is 5.91 Å². The molecule has 0 bridgehead atoms. The molecule has 0 radical (unpaired) electrons. The minimum atomic E-state index is -3.77. The zero-order chi connectivity index (χ0) is 18.8. The Morgan fingerprint density at radius 1 is 1.12 bits per heavy atom. The number of aryl methyl sites for hydroxylation is 2. The van der Waals surface area contributed by atoms with Gasteiger partial charge in [-0.3, -0.25) is 4.79 Å². The molecule has 0 aliphatic heterocycles. The summed E-state index contributed by atoms with van der Waals surface area (Å²) in [6.07, 6.45) is -0.216. The lowest BCUT2D eigenvalue weighted by atomic mass is 10.1. The molecule has 0 fully saturated rings. The largest absolute Gasteiger partial charge is 0.505 e. The van der Waals surface area contributed by atoms with Gasteiger partial charge in [0.1, 0.15) is 0 Å². The number of aromatic hydroxyl groups is 1. The van der Waals surface area contributed by atoms with Crippen LogP contribution in [0.15, 0.2) is 35.2 Å². The van der Waals surface area contributed by atoms with Gasteiger partial charge in [-0.15, -0.1) is 0 Å². The molecular weight excluding hydrogens is 385 g/mol. The SMILES string of the molecule is Cc1cccc(C)c1NC(=O)CCS(=O)(=O)c1cc(Cl)c(O)c(Cl)c1. The maximum atomic E-state index is 12.4. The number of rotatable bonds is 5. The van der Waals surface area contributed by atoms with E-state index in [0.29, 0.717) is 5.69 Å². The molecule has 0 heterocycles. The Morgan fingerprint density at radius 3 is 2.16 bits per heavy atom. The third kappa shape index (κ3) is 4.66. The minimum Gasteiger partial charge on any atom is -0.505 e. The van der Waals surface area contributed by atoms with Crippen molar-refractivity contribution < 1.29 is 18.3 Å². The van der Waals surface area contributed by atoms with Gasteiger partial charge in [-0.2, -0.15) is 0 Å². The van der Waals surface area contributed by atoms with Gasteiger partial charge in [-0.1, -0.05) is 41.4 Å². The summed E-state index contributed by atoms with van der Waals surface area (Å²) in [4.78, 5) is 12.0. The number of carbonyl (C=O) groups excluding carboxylic acids is 1. The second-order valence-corrected chi connectivity index (χ2v) is 8.54. The van der Waals surface area contributed by atoms with Crippen LogP contribution in [0.1, 0.15) is 17.5 Å². The standard InChI is InChI=1S/C17H17Cl2NO4S/c1-10-4-3-5-11(2)16(10)20-15(21)6-7-25(23,24)12-8-13(18)17(22)14(19)9-12/h3-5,8-9,22H,6-7H2,1-2H3,(H,20,21). The van der Waals surface area contributed by atoms with Crippen LogP contribution in [-0.4, -0.2) is 25.2 Å². The Labute approximate surface area is 156 Å². The maximum Gasteiger partial charge on any atom is 0.225 e. The van der Waals surface area contributed by atoms with Crippen LogP contribution in [0.5, 0.6) is 5.75 Å². The van der Waals surface area contributed by atoms with Gasteiger partial charge in [-0.05, 0) is 37.1 Å². The minimum absolute atomic E-state index is 0.139. The molecule has 0 aliphatic rings. The van der Waals surface area contributed by atoms with Crippen LogP contribution in [0.3, 0.4) is 0 Å². The second kappa shape index (κ2) is 7.64. The lowest BCUT2D eigenvalue weighted by Crippen LogP contribution is -2.18. The molecule has 0 atom stereocenters. The first-order valence-corrected chi connectivity index (χ1v) is 9.79. The molecule has 8 heteroatoms. The van der Waals surface area contributed by atoms with E-state index in [0.717, 1.165) is 23.3 Å². The van der Waals surface area contributed by atoms with Crippen LogP contribution in [-0.2, 0) is 14.6 Å². The monoisotopic (exact) mass is 401 g/mol. The van der Waals surface area contributed by atoms with Gasteiger partial charge in [0, 0.05) is 12.1 Å². The summed E-state index contributed by atoms with van der Waals surface area (Å²) < 4.78 is 24.7. The first-order valence-electron chi connectivity index (χ1n) is 7.38. The van der Waals surface area contributed by atoms with Gasteiger partial charge in [0.05, 0.1) is 20.7 Å². The number of phenols is 1. The van der Waals surface area contributed by atoms with Crippen molar-refractivity contribution in [2.75, 3.05) is 11.1 Å². The average molecular weight is 402 g/mol. The number of anilines is 1. The fourth-order valence-corrected chi connectivity index (χ4v) is 4.18. The van der Waals surface area contributed by atoms with Crippen molar-refractivity contribution in [1.82, 2.24) is 0 Å². The first-order chi connectivity index (χ1) is 11.6. The summed E-state index contributed by atoms with van der Waals surface area (Å²) >= 11 is 11.5. The number of amides is 1. The average Bonchev–Trinajstić information content (AvgIpc) is 2.54. The fourth-order valence-electron chi connectivity index (χ4n) is 2.28. The van der Waals surface area contributed by atoms with E-state index in [4.69, 9.17) is 23.2 Å². The zero-order valence-corrected chi connectivity index (χ0v) is 16.0. The number of para-hydroxylation sites is 1. The van der Waals surface area contributed by atoms with Gasteiger partial charge in [0.15, 0.2) is 15.6 Å². The lowest BCUT2D eigenvalue weighted by molar-refractivity contribution is -0.115. The second-order valence-electron chi connectivity index (χ2n) is 5.62. The van der Waals surface area contributed by atoms with Crippen LogP contribution >= 0.6 is 23.2 Å². The third-order valence-electron chi connectivity index (χ3n) is 3.69. The number of hydrogen-bond acceptors (Lipinski definition) is 4. The molecule has 1 amide bonds. The van der Waals surface area contributed by atoms with Crippen LogP contribution in [0.4, 0.5) is 5.69 Å². The van der Waals surface area contributed by atoms with E-state index in [1.165, 1.54) is 0 Å². The zero-order valence-electron chi connectivity index (χ0n) is 13.6. The fraction of sp³-hybridized carbons (Fsp3) is 0.235. The highest BCUT2D eigenvalue weighted by Gasteiger charge is 2.20. The number of phenolic OH excluding ortho intramolecular Hbond substituents is 1. The predicted molar refractivity (Wildman–Crippen MR) is 99.3 cm³/mol. The number of nitrogens with one attached hydrogen (secondary N) is 1. The van der Waals surface area contributed by atoms with Crippen molar-refractivity contribution in [2.24, 2.45) is 0 Å². The number of carbonyl (C=O) groups is 1. The van der Waals surface area contributed by atoms with E-state index in [1.807, 2.05) is 32.0 Å². The Balaban J connectivity index is 2.11. The van der Waals surface area contributed by atoms with Crippen molar-refractivity contribution in [3.05, 3.63) is 51.5 Å². The normalized spacial score (nSPS) is 11.4. The van der Waals surface area contributed by atoms with Crippen LogP contribution in [0.25, 0.3) is 0 Å². The molecule has 0 saturated carbocycles. The molecule has 0 aliphatic carbocycles. The molecule has 134 valence electrons. The van der Waals surface area contributed by atoms with Gasteiger partial charge in [0.25, 0.3) is 0 Å². The van der Waals surface area contributed by atoms with E-state index in [1.54, 1.807) is 0 Å². The van der Waals surface area contributed by atoms with Crippen molar-refractivity contribution in [2.45, 2.75) is 25.2 Å². The van der Waals surface area contributed by atoms with Crippen LogP contribution in [0, 0.1) is 13.8 Å². The summed E-state index contributed by atoms with van der Waals surface area (Å²) in [6.45, 7) is 3.72. The number of sulfone groups is 1. The highest BCUT2D eigenvalue weighted by molar-refractivity contribution is 7.91. The topological polar surface area (TPSA) is 83.5 Å². The molecular formula is C17H17Cl2NO4S. The maximum absolute atomic E-state index is 12.4. The molecule has 0 spiro atoms.